The Morgan fingerprint density at radius 2 is 1.80 bits per heavy atom. The van der Waals surface area contributed by atoms with Crippen molar-refractivity contribution in [1.29, 1.82) is 0 Å². The Morgan fingerprint density at radius 1 is 1.20 bits per heavy atom. The van der Waals surface area contributed by atoms with Crippen molar-refractivity contribution in [3.63, 3.8) is 0 Å². The van der Waals surface area contributed by atoms with Gasteiger partial charge in [0.2, 0.25) is 10.0 Å². The second-order valence-corrected chi connectivity index (χ2v) is 6.98. The summed E-state index contributed by atoms with van der Waals surface area (Å²) in [5.74, 6) is -0.673. The highest BCUT2D eigenvalue weighted by molar-refractivity contribution is 7.89. The van der Waals surface area contributed by atoms with Gasteiger partial charge in [-0.15, -0.1) is 0 Å². The number of carbonyl (C=O) groups is 1. The van der Waals surface area contributed by atoms with E-state index in [0.29, 0.717) is 0 Å². The predicted octanol–water partition coefficient (Wildman–Crippen LogP) is 3.24. The number of ether oxygens (including phenoxy) is 1. The van der Waals surface area contributed by atoms with E-state index >= 15 is 0 Å². The van der Waals surface area contributed by atoms with E-state index in [1.807, 2.05) is 0 Å². The molecule has 0 bridgehead atoms. The number of alkyl halides is 3. The zero-order valence-electron chi connectivity index (χ0n) is 12.5. The van der Waals surface area contributed by atoms with Gasteiger partial charge in [0.25, 0.3) is 5.91 Å². The maximum Gasteiger partial charge on any atom is 0.434 e. The second-order valence-electron chi connectivity index (χ2n) is 4.83. The molecule has 0 atom stereocenters. The molecule has 25 heavy (non-hydrogen) atoms. The third-order valence-corrected chi connectivity index (χ3v) is 3.56. The molecule has 0 unspecified atom stereocenters. The lowest BCUT2D eigenvalue weighted by Gasteiger charge is -2.10. The Hall–Kier alpha value is -2.33. The average Bonchev–Trinajstić information content (AvgIpc) is 2.44. The van der Waals surface area contributed by atoms with Crippen molar-refractivity contribution in [2.24, 2.45) is 0 Å². The van der Waals surface area contributed by atoms with Crippen molar-refractivity contribution < 1.29 is 31.1 Å². The smallest absolute Gasteiger partial charge is 0.434 e. The molecule has 6 nitrogen and oxygen atoms in total. The first-order chi connectivity index (χ1) is 11.5. The second kappa shape index (κ2) is 6.89. The fourth-order valence-corrected chi connectivity index (χ4v) is 2.44. The number of nitrogens with zero attached hydrogens (tertiary/aromatic N) is 1. The van der Waals surface area contributed by atoms with Crippen molar-refractivity contribution in [3.8, 4) is 11.5 Å². The normalized spacial score (nSPS) is 11.9. The summed E-state index contributed by atoms with van der Waals surface area (Å²) >= 11 is 5.54. The molecule has 1 amide bonds. The Balaban J connectivity index is 2.14. The van der Waals surface area contributed by atoms with Gasteiger partial charge in [-0.3, -0.25) is 4.79 Å². The van der Waals surface area contributed by atoms with Crippen LogP contribution in [0.1, 0.15) is 16.1 Å². The molecule has 0 radical (unpaired) electrons. The maximum absolute atomic E-state index is 12.6. The monoisotopic (exact) mass is 394 g/mol. The molecule has 1 heterocycles. The molecule has 11 heteroatoms. The summed E-state index contributed by atoms with van der Waals surface area (Å²) < 4.78 is 66.8. The molecular formula is C14H10ClF3N2O4S. The van der Waals surface area contributed by atoms with E-state index in [4.69, 9.17) is 16.3 Å². The lowest BCUT2D eigenvalue weighted by Crippen LogP contribution is -2.29. The molecule has 0 fully saturated rings. The summed E-state index contributed by atoms with van der Waals surface area (Å²) in [6.45, 7) is 0. The topological polar surface area (TPSA) is 85.4 Å². The van der Waals surface area contributed by atoms with Gasteiger partial charge in [0.15, 0.2) is 5.69 Å². The van der Waals surface area contributed by atoms with Gasteiger partial charge < -0.3 is 4.74 Å². The number of hydrogen-bond acceptors (Lipinski definition) is 5. The zero-order valence-corrected chi connectivity index (χ0v) is 14.0. The highest BCUT2D eigenvalue weighted by Crippen LogP contribution is 2.35. The van der Waals surface area contributed by atoms with Crippen LogP contribution in [0.2, 0.25) is 5.02 Å². The van der Waals surface area contributed by atoms with Gasteiger partial charge in [0.1, 0.15) is 11.5 Å². The highest BCUT2D eigenvalue weighted by Gasteiger charge is 2.35. The van der Waals surface area contributed by atoms with Gasteiger partial charge in [0.05, 0.1) is 17.5 Å². The van der Waals surface area contributed by atoms with Gasteiger partial charge >= 0.3 is 6.18 Å². The number of aromatic nitrogens is 1. The third kappa shape index (κ3) is 5.33. The lowest BCUT2D eigenvalue weighted by molar-refractivity contribution is -0.141. The van der Waals surface area contributed by atoms with Gasteiger partial charge in [-0.2, -0.15) is 13.2 Å². The van der Waals surface area contributed by atoms with E-state index in [2.05, 4.69) is 4.98 Å². The van der Waals surface area contributed by atoms with E-state index in [9.17, 15) is 26.4 Å². The fraction of sp³-hybridized carbons (Fsp3) is 0.143. The summed E-state index contributed by atoms with van der Waals surface area (Å²) in [6.07, 6.45) is -2.98. The molecule has 1 N–H and O–H groups in total. The number of carbonyl (C=O) groups excluding carboxylic acids is 1. The number of pyridine rings is 1. The molecule has 1 aromatic heterocycles. The molecule has 0 aliphatic carbocycles. The van der Waals surface area contributed by atoms with E-state index in [0.717, 1.165) is 18.5 Å². The van der Waals surface area contributed by atoms with E-state index in [1.165, 1.54) is 24.3 Å². The summed E-state index contributed by atoms with van der Waals surface area (Å²) in [4.78, 5) is 14.9. The van der Waals surface area contributed by atoms with Crippen molar-refractivity contribution in [2.45, 2.75) is 6.18 Å². The molecule has 1 aromatic carbocycles. The predicted molar refractivity (Wildman–Crippen MR) is 83.1 cm³/mol. The van der Waals surface area contributed by atoms with Gasteiger partial charge in [-0.25, -0.2) is 18.1 Å². The minimum Gasteiger partial charge on any atom is -0.456 e. The first-order valence-electron chi connectivity index (χ1n) is 6.48. The molecule has 2 aromatic rings. The van der Waals surface area contributed by atoms with Crippen LogP contribution in [0.3, 0.4) is 0 Å². The minimum absolute atomic E-state index is 0.0358. The maximum atomic E-state index is 12.6. The Bertz CT molecular complexity index is 899. The summed E-state index contributed by atoms with van der Waals surface area (Å²) in [5, 5.41) is -0.617. The van der Waals surface area contributed by atoms with Crippen molar-refractivity contribution >= 4 is 27.5 Å². The number of benzene rings is 1. The Morgan fingerprint density at radius 3 is 2.28 bits per heavy atom. The van der Waals surface area contributed by atoms with Crippen LogP contribution in [0, 0.1) is 0 Å². The van der Waals surface area contributed by atoms with Crippen molar-refractivity contribution in [2.75, 3.05) is 6.26 Å². The van der Waals surface area contributed by atoms with Crippen LogP contribution >= 0.6 is 11.6 Å². The number of sulfonamides is 1. The van der Waals surface area contributed by atoms with Crippen LogP contribution in [0.25, 0.3) is 0 Å². The molecule has 2 rings (SSSR count). The van der Waals surface area contributed by atoms with Crippen molar-refractivity contribution in [3.05, 3.63) is 52.8 Å². The first-order valence-corrected chi connectivity index (χ1v) is 8.75. The highest BCUT2D eigenvalue weighted by atomic mass is 35.5. The van der Waals surface area contributed by atoms with Gasteiger partial charge in [-0.05, 0) is 24.3 Å². The Labute approximate surface area is 145 Å². The summed E-state index contributed by atoms with van der Waals surface area (Å²) in [6, 6.07) is 6.21. The van der Waals surface area contributed by atoms with Gasteiger partial charge in [-0.1, -0.05) is 11.6 Å². The van der Waals surface area contributed by atoms with Crippen LogP contribution in [-0.4, -0.2) is 25.6 Å². The molecule has 0 saturated heterocycles. The molecule has 0 aliphatic heterocycles. The van der Waals surface area contributed by atoms with E-state index in [-0.39, 0.29) is 17.1 Å². The van der Waals surface area contributed by atoms with E-state index < -0.39 is 32.8 Å². The third-order valence-electron chi connectivity index (χ3n) is 2.71. The fourth-order valence-electron chi connectivity index (χ4n) is 1.72. The SMILES string of the molecule is CS(=O)(=O)NC(=O)c1ccc(Oc2cnc(C(F)(F)F)c(Cl)c2)cc1. The largest absolute Gasteiger partial charge is 0.456 e. The van der Waals surface area contributed by atoms with Gasteiger partial charge in [0, 0.05) is 11.6 Å². The van der Waals surface area contributed by atoms with Crippen molar-refractivity contribution in [1.82, 2.24) is 9.71 Å². The standard InChI is InChI=1S/C14H10ClF3N2O4S/c1-25(22,23)20-13(21)8-2-4-9(5-3-8)24-10-6-11(15)12(19-7-10)14(16,17)18/h2-7H,1H3,(H,20,21). The summed E-state index contributed by atoms with van der Waals surface area (Å²) in [7, 11) is -3.70. The molecule has 0 spiro atoms. The lowest BCUT2D eigenvalue weighted by atomic mass is 10.2. The zero-order chi connectivity index (χ0) is 18.8. The molecular weight excluding hydrogens is 385 g/mol. The summed E-state index contributed by atoms with van der Waals surface area (Å²) in [5.41, 5.74) is -1.17. The van der Waals surface area contributed by atoms with E-state index in [1.54, 1.807) is 4.72 Å². The van der Waals surface area contributed by atoms with Crippen LogP contribution in [0.4, 0.5) is 13.2 Å². The minimum atomic E-state index is -4.68. The number of nitrogens with one attached hydrogen (secondary N) is 1. The number of rotatable bonds is 4. The Kier molecular flexibility index (Phi) is 5.23. The first kappa shape index (κ1) is 19.0. The molecule has 134 valence electrons. The molecule has 0 saturated carbocycles. The number of hydrogen-bond donors (Lipinski definition) is 1. The quantitative estimate of drug-likeness (QED) is 0.860. The van der Waals surface area contributed by atoms with Crippen LogP contribution < -0.4 is 9.46 Å². The van der Waals surface area contributed by atoms with Crippen LogP contribution in [0.5, 0.6) is 11.5 Å². The van der Waals surface area contributed by atoms with Crippen LogP contribution in [-0.2, 0) is 16.2 Å². The van der Waals surface area contributed by atoms with Crippen LogP contribution in [0.15, 0.2) is 36.5 Å². The average molecular weight is 395 g/mol. The number of halogens is 4. The number of amides is 1. The molecule has 0 aliphatic rings.